The van der Waals surface area contributed by atoms with Gasteiger partial charge in [-0.1, -0.05) is 19.0 Å². The Bertz CT molecular complexity index is 425. The molecule has 0 aromatic carbocycles. The minimum atomic E-state index is -0.340. The summed E-state index contributed by atoms with van der Waals surface area (Å²) >= 11 is 0. The number of nitrogens with one attached hydrogen (secondary N) is 1. The lowest BCUT2D eigenvalue weighted by atomic mass is 9.79. The fourth-order valence-electron chi connectivity index (χ4n) is 2.98. The molecular weight excluding hydrogens is 266 g/mol. The van der Waals surface area contributed by atoms with E-state index < -0.39 is 0 Å². The van der Waals surface area contributed by atoms with Crippen molar-refractivity contribution < 1.29 is 9.26 Å². The first-order chi connectivity index (χ1) is 10.1. The van der Waals surface area contributed by atoms with E-state index in [1.54, 1.807) is 0 Å². The quantitative estimate of drug-likeness (QED) is 0.833. The fraction of sp³-hybridized carbons (Fsp3) is 0.875. The molecule has 5 heteroatoms. The summed E-state index contributed by atoms with van der Waals surface area (Å²) in [6.07, 6.45) is 5.38. The van der Waals surface area contributed by atoms with E-state index in [-0.39, 0.29) is 11.6 Å². The van der Waals surface area contributed by atoms with Gasteiger partial charge in [0, 0.05) is 6.61 Å². The SMILES string of the molecule is CCCNC(C)c1nc(C2(OCC)CCC(C)CC2)no1. The lowest BCUT2D eigenvalue weighted by Gasteiger charge is -2.36. The molecule has 0 spiro atoms. The molecule has 0 amide bonds. The third-order valence-electron chi connectivity index (χ3n) is 4.42. The highest BCUT2D eigenvalue weighted by Crippen LogP contribution is 2.41. The molecule has 0 radical (unpaired) electrons. The van der Waals surface area contributed by atoms with Crippen molar-refractivity contribution in [3.05, 3.63) is 11.7 Å². The smallest absolute Gasteiger partial charge is 0.243 e. The second-order valence-corrected chi connectivity index (χ2v) is 6.24. The van der Waals surface area contributed by atoms with Crippen molar-refractivity contribution in [3.8, 4) is 0 Å². The Balaban J connectivity index is 2.12. The Morgan fingerprint density at radius 2 is 2.10 bits per heavy atom. The van der Waals surface area contributed by atoms with Crippen molar-refractivity contribution in [3.63, 3.8) is 0 Å². The summed E-state index contributed by atoms with van der Waals surface area (Å²) < 4.78 is 11.5. The Hall–Kier alpha value is -0.940. The number of aromatic nitrogens is 2. The first kappa shape index (κ1) is 16.4. The first-order valence-corrected chi connectivity index (χ1v) is 8.32. The standard InChI is InChI=1S/C16H29N3O2/c1-5-11-17-13(4)14-18-15(19-21-14)16(20-6-2)9-7-12(3)8-10-16/h12-13,17H,5-11H2,1-4H3. The minimum absolute atomic E-state index is 0.0902. The lowest BCUT2D eigenvalue weighted by molar-refractivity contribution is -0.0847. The Morgan fingerprint density at radius 3 is 2.71 bits per heavy atom. The van der Waals surface area contributed by atoms with E-state index in [1.807, 2.05) is 6.92 Å². The number of hydrogen-bond donors (Lipinski definition) is 1. The second-order valence-electron chi connectivity index (χ2n) is 6.24. The molecule has 1 saturated carbocycles. The molecule has 1 N–H and O–H groups in total. The van der Waals surface area contributed by atoms with Gasteiger partial charge in [0.15, 0.2) is 0 Å². The van der Waals surface area contributed by atoms with Crippen LogP contribution in [0, 0.1) is 5.92 Å². The van der Waals surface area contributed by atoms with Crippen LogP contribution < -0.4 is 5.32 Å². The maximum absolute atomic E-state index is 6.07. The normalized spacial score (nSPS) is 27.7. The first-order valence-electron chi connectivity index (χ1n) is 8.32. The molecule has 1 aliphatic rings. The predicted octanol–water partition coefficient (Wildman–Crippen LogP) is 3.57. The topological polar surface area (TPSA) is 60.2 Å². The van der Waals surface area contributed by atoms with Crippen molar-refractivity contribution in [2.45, 2.75) is 71.4 Å². The van der Waals surface area contributed by atoms with Crippen LogP contribution in [0.15, 0.2) is 4.52 Å². The number of nitrogens with zero attached hydrogens (tertiary/aromatic N) is 2. The summed E-state index contributed by atoms with van der Waals surface area (Å²) in [5.74, 6) is 2.16. The average Bonchev–Trinajstić information content (AvgIpc) is 2.98. The summed E-state index contributed by atoms with van der Waals surface area (Å²) in [6, 6.07) is 0.0902. The van der Waals surface area contributed by atoms with Crippen LogP contribution in [0.1, 0.15) is 77.6 Å². The molecule has 2 rings (SSSR count). The summed E-state index contributed by atoms with van der Waals surface area (Å²) in [5, 5.41) is 7.61. The molecule has 1 aromatic heterocycles. The van der Waals surface area contributed by atoms with E-state index in [4.69, 9.17) is 9.26 Å². The van der Waals surface area contributed by atoms with Crippen molar-refractivity contribution in [1.82, 2.24) is 15.5 Å². The molecule has 0 bridgehead atoms. The van der Waals surface area contributed by atoms with Gasteiger partial charge < -0.3 is 14.6 Å². The highest BCUT2D eigenvalue weighted by molar-refractivity contribution is 5.05. The van der Waals surface area contributed by atoms with Gasteiger partial charge in [0.25, 0.3) is 0 Å². The largest absolute Gasteiger partial charge is 0.367 e. The van der Waals surface area contributed by atoms with E-state index in [2.05, 4.69) is 36.2 Å². The average molecular weight is 295 g/mol. The molecule has 1 aromatic rings. The van der Waals surface area contributed by atoms with Gasteiger partial charge in [0.2, 0.25) is 11.7 Å². The summed E-state index contributed by atoms with van der Waals surface area (Å²) in [5.41, 5.74) is -0.340. The maximum Gasteiger partial charge on any atom is 0.243 e. The van der Waals surface area contributed by atoms with Gasteiger partial charge in [-0.15, -0.1) is 0 Å². The minimum Gasteiger partial charge on any atom is -0.367 e. The zero-order valence-corrected chi connectivity index (χ0v) is 13.8. The van der Waals surface area contributed by atoms with Crippen LogP contribution in [-0.2, 0) is 10.3 Å². The molecule has 1 heterocycles. The van der Waals surface area contributed by atoms with Crippen LogP contribution >= 0.6 is 0 Å². The summed E-state index contributed by atoms with van der Waals surface area (Å²) in [7, 11) is 0. The van der Waals surface area contributed by atoms with E-state index in [1.165, 1.54) is 0 Å². The molecule has 1 aliphatic carbocycles. The van der Waals surface area contributed by atoms with Crippen LogP contribution in [0.4, 0.5) is 0 Å². The van der Waals surface area contributed by atoms with Crippen LogP contribution in [0.5, 0.6) is 0 Å². The van der Waals surface area contributed by atoms with Gasteiger partial charge in [-0.2, -0.15) is 4.98 Å². The Kier molecular flexibility index (Phi) is 5.76. The van der Waals surface area contributed by atoms with Crippen molar-refractivity contribution in [2.24, 2.45) is 5.92 Å². The molecule has 120 valence electrons. The molecule has 0 aliphatic heterocycles. The highest BCUT2D eigenvalue weighted by atomic mass is 16.5. The molecule has 21 heavy (non-hydrogen) atoms. The summed E-state index contributed by atoms with van der Waals surface area (Å²) in [6.45, 7) is 10.2. The fourth-order valence-corrected chi connectivity index (χ4v) is 2.98. The van der Waals surface area contributed by atoms with Crippen LogP contribution in [0.2, 0.25) is 0 Å². The number of rotatable bonds is 7. The van der Waals surface area contributed by atoms with Gasteiger partial charge in [0.05, 0.1) is 6.04 Å². The van der Waals surface area contributed by atoms with E-state index in [0.29, 0.717) is 12.5 Å². The molecule has 1 unspecified atom stereocenters. The van der Waals surface area contributed by atoms with Crippen LogP contribution in [0.3, 0.4) is 0 Å². The van der Waals surface area contributed by atoms with Crippen molar-refractivity contribution in [1.29, 1.82) is 0 Å². The van der Waals surface area contributed by atoms with Gasteiger partial charge in [-0.25, -0.2) is 0 Å². The highest BCUT2D eigenvalue weighted by Gasteiger charge is 2.41. The molecule has 0 saturated heterocycles. The lowest BCUT2D eigenvalue weighted by Crippen LogP contribution is -2.35. The van der Waals surface area contributed by atoms with Gasteiger partial charge >= 0.3 is 0 Å². The van der Waals surface area contributed by atoms with E-state index >= 15 is 0 Å². The zero-order chi connectivity index (χ0) is 15.3. The third-order valence-corrected chi connectivity index (χ3v) is 4.42. The van der Waals surface area contributed by atoms with Crippen LogP contribution in [0.25, 0.3) is 0 Å². The van der Waals surface area contributed by atoms with Gasteiger partial charge in [-0.3, -0.25) is 0 Å². The van der Waals surface area contributed by atoms with Gasteiger partial charge in [0.1, 0.15) is 5.60 Å². The van der Waals surface area contributed by atoms with Crippen molar-refractivity contribution >= 4 is 0 Å². The zero-order valence-electron chi connectivity index (χ0n) is 13.8. The molecule has 1 fully saturated rings. The Labute approximate surface area is 127 Å². The molecule has 5 nitrogen and oxygen atoms in total. The number of hydrogen-bond acceptors (Lipinski definition) is 5. The molecular formula is C16H29N3O2. The van der Waals surface area contributed by atoms with Crippen molar-refractivity contribution in [2.75, 3.05) is 13.2 Å². The van der Waals surface area contributed by atoms with E-state index in [0.717, 1.165) is 50.4 Å². The summed E-state index contributed by atoms with van der Waals surface area (Å²) in [4.78, 5) is 4.64. The monoisotopic (exact) mass is 295 g/mol. The Morgan fingerprint density at radius 1 is 1.38 bits per heavy atom. The maximum atomic E-state index is 6.07. The van der Waals surface area contributed by atoms with E-state index in [9.17, 15) is 0 Å². The number of ether oxygens (including phenoxy) is 1. The predicted molar refractivity (Wildman–Crippen MR) is 81.9 cm³/mol. The van der Waals surface area contributed by atoms with Gasteiger partial charge in [-0.05, 0) is 58.4 Å². The second kappa shape index (κ2) is 7.36. The van der Waals surface area contributed by atoms with Crippen LogP contribution in [-0.4, -0.2) is 23.3 Å². The third kappa shape index (κ3) is 3.83. The molecule has 1 atom stereocenters.